The molecule has 0 spiro atoms. The zero-order valence-electron chi connectivity index (χ0n) is 8.42. The van der Waals surface area contributed by atoms with Crippen molar-refractivity contribution >= 4 is 23.4 Å². The van der Waals surface area contributed by atoms with Crippen molar-refractivity contribution in [1.82, 2.24) is 0 Å². The summed E-state index contributed by atoms with van der Waals surface area (Å²) in [5, 5.41) is 0.793. The summed E-state index contributed by atoms with van der Waals surface area (Å²) in [6.07, 6.45) is 2.46. The Morgan fingerprint density at radius 2 is 2.21 bits per heavy atom. The molecule has 2 N–H and O–H groups in total. The summed E-state index contributed by atoms with van der Waals surface area (Å²) in [4.78, 5) is 1.23. The third kappa shape index (κ3) is 3.52. The topological polar surface area (TPSA) is 26.0 Å². The van der Waals surface area contributed by atoms with Crippen molar-refractivity contribution in [2.75, 3.05) is 5.75 Å². The molecule has 0 unspecified atom stereocenters. The number of hydrogen-bond acceptors (Lipinski definition) is 2. The van der Waals surface area contributed by atoms with E-state index in [-0.39, 0.29) is 0 Å². The highest BCUT2D eigenvalue weighted by Gasteiger charge is 2.02. The van der Waals surface area contributed by atoms with Crippen molar-refractivity contribution < 1.29 is 0 Å². The van der Waals surface area contributed by atoms with Gasteiger partial charge in [-0.15, -0.1) is 11.8 Å². The molecule has 0 aliphatic heterocycles. The maximum atomic E-state index is 5.93. The molecule has 0 saturated carbocycles. The van der Waals surface area contributed by atoms with Crippen molar-refractivity contribution in [3.63, 3.8) is 0 Å². The molecular formula is C11H16ClNS. The van der Waals surface area contributed by atoms with Crippen LogP contribution < -0.4 is 5.73 Å². The predicted octanol–water partition coefficient (Wildman–Crippen LogP) is 3.69. The lowest BCUT2D eigenvalue weighted by Gasteiger charge is -2.07. The van der Waals surface area contributed by atoms with Gasteiger partial charge in [-0.1, -0.05) is 31.0 Å². The average molecular weight is 230 g/mol. The molecule has 0 saturated heterocycles. The van der Waals surface area contributed by atoms with E-state index >= 15 is 0 Å². The van der Waals surface area contributed by atoms with Crippen LogP contribution in [0.25, 0.3) is 0 Å². The lowest BCUT2D eigenvalue weighted by molar-refractivity contribution is 0.895. The van der Waals surface area contributed by atoms with E-state index in [0.29, 0.717) is 6.54 Å². The first-order valence-corrected chi connectivity index (χ1v) is 6.25. The first-order chi connectivity index (χ1) is 6.77. The third-order valence-electron chi connectivity index (χ3n) is 2.00. The molecule has 0 aliphatic carbocycles. The van der Waals surface area contributed by atoms with Crippen LogP contribution in [0.5, 0.6) is 0 Å². The van der Waals surface area contributed by atoms with Gasteiger partial charge in [-0.05, 0) is 29.9 Å². The highest BCUT2D eigenvalue weighted by Crippen LogP contribution is 2.26. The number of unbranched alkanes of at least 4 members (excludes halogenated alkanes) is 1. The molecule has 1 nitrogen and oxygen atoms in total. The first kappa shape index (κ1) is 11.9. The smallest absolute Gasteiger partial charge is 0.0417 e. The molecule has 14 heavy (non-hydrogen) atoms. The van der Waals surface area contributed by atoms with Crippen LogP contribution in [0.4, 0.5) is 0 Å². The molecule has 0 aromatic heterocycles. The summed E-state index contributed by atoms with van der Waals surface area (Å²) >= 11 is 7.78. The molecule has 0 fully saturated rings. The molecule has 0 aliphatic rings. The molecule has 0 atom stereocenters. The second-order valence-corrected chi connectivity index (χ2v) is 4.73. The van der Waals surface area contributed by atoms with Gasteiger partial charge in [0.15, 0.2) is 0 Å². The van der Waals surface area contributed by atoms with Crippen LogP contribution >= 0.6 is 23.4 Å². The maximum absolute atomic E-state index is 5.93. The Morgan fingerprint density at radius 1 is 1.43 bits per heavy atom. The van der Waals surface area contributed by atoms with E-state index in [1.807, 2.05) is 30.0 Å². The summed E-state index contributed by atoms with van der Waals surface area (Å²) in [7, 11) is 0. The number of hydrogen-bond donors (Lipinski definition) is 1. The van der Waals surface area contributed by atoms with E-state index < -0.39 is 0 Å². The van der Waals surface area contributed by atoms with Crippen LogP contribution in [0, 0.1) is 0 Å². The second kappa shape index (κ2) is 6.33. The van der Waals surface area contributed by atoms with E-state index in [9.17, 15) is 0 Å². The summed E-state index contributed by atoms with van der Waals surface area (Å²) < 4.78 is 0. The van der Waals surface area contributed by atoms with Gasteiger partial charge in [0.25, 0.3) is 0 Å². The van der Waals surface area contributed by atoms with E-state index in [0.717, 1.165) is 10.8 Å². The standard InChI is InChI=1S/C11H16ClNS/c1-2-3-6-14-11-7-10(12)5-4-9(11)8-13/h4-5,7H,2-3,6,8,13H2,1H3. The van der Waals surface area contributed by atoms with Gasteiger partial charge < -0.3 is 5.73 Å². The van der Waals surface area contributed by atoms with Gasteiger partial charge in [0.2, 0.25) is 0 Å². The Morgan fingerprint density at radius 3 is 2.86 bits per heavy atom. The zero-order valence-corrected chi connectivity index (χ0v) is 10.00. The number of rotatable bonds is 5. The molecule has 0 amide bonds. The number of benzene rings is 1. The zero-order chi connectivity index (χ0) is 10.4. The van der Waals surface area contributed by atoms with Crippen LogP contribution in [0.3, 0.4) is 0 Å². The van der Waals surface area contributed by atoms with Crippen molar-refractivity contribution in [2.45, 2.75) is 31.2 Å². The highest BCUT2D eigenvalue weighted by atomic mass is 35.5. The number of thioether (sulfide) groups is 1. The molecule has 3 heteroatoms. The van der Waals surface area contributed by atoms with Crippen LogP contribution in [-0.2, 0) is 6.54 Å². The maximum Gasteiger partial charge on any atom is 0.0417 e. The minimum Gasteiger partial charge on any atom is -0.326 e. The van der Waals surface area contributed by atoms with Crippen molar-refractivity contribution in [3.05, 3.63) is 28.8 Å². The summed E-state index contributed by atoms with van der Waals surface area (Å²) in [6.45, 7) is 2.79. The van der Waals surface area contributed by atoms with Gasteiger partial charge in [0, 0.05) is 16.5 Å². The predicted molar refractivity (Wildman–Crippen MR) is 65.0 cm³/mol. The van der Waals surface area contributed by atoms with Crippen LogP contribution in [0.2, 0.25) is 5.02 Å². The van der Waals surface area contributed by atoms with Crippen LogP contribution in [0.15, 0.2) is 23.1 Å². The van der Waals surface area contributed by atoms with Gasteiger partial charge >= 0.3 is 0 Å². The Hall–Kier alpha value is -0.180. The van der Waals surface area contributed by atoms with Gasteiger partial charge in [-0.2, -0.15) is 0 Å². The molecule has 1 rings (SSSR count). The molecule has 1 aromatic rings. The lowest BCUT2D eigenvalue weighted by atomic mass is 10.2. The summed E-state index contributed by atoms with van der Waals surface area (Å²) in [5.74, 6) is 1.14. The van der Waals surface area contributed by atoms with E-state index in [2.05, 4.69) is 6.92 Å². The van der Waals surface area contributed by atoms with Gasteiger partial charge in [-0.25, -0.2) is 0 Å². The second-order valence-electron chi connectivity index (χ2n) is 3.16. The Labute approximate surface area is 95.0 Å². The number of halogens is 1. The number of nitrogens with two attached hydrogens (primary N) is 1. The van der Waals surface area contributed by atoms with Crippen LogP contribution in [-0.4, -0.2) is 5.75 Å². The van der Waals surface area contributed by atoms with Crippen molar-refractivity contribution in [1.29, 1.82) is 0 Å². The van der Waals surface area contributed by atoms with Gasteiger partial charge in [0.1, 0.15) is 0 Å². The van der Waals surface area contributed by atoms with E-state index in [1.165, 1.54) is 23.3 Å². The average Bonchev–Trinajstić information content (AvgIpc) is 2.19. The quantitative estimate of drug-likeness (QED) is 0.616. The molecule has 0 heterocycles. The molecule has 78 valence electrons. The minimum atomic E-state index is 0.589. The summed E-state index contributed by atoms with van der Waals surface area (Å²) in [5.41, 5.74) is 6.84. The fourth-order valence-corrected chi connectivity index (χ4v) is 2.59. The van der Waals surface area contributed by atoms with E-state index in [4.69, 9.17) is 17.3 Å². The monoisotopic (exact) mass is 229 g/mol. The van der Waals surface area contributed by atoms with Gasteiger partial charge in [0.05, 0.1) is 0 Å². The van der Waals surface area contributed by atoms with Gasteiger partial charge in [-0.3, -0.25) is 0 Å². The fourth-order valence-electron chi connectivity index (χ4n) is 1.16. The third-order valence-corrected chi connectivity index (χ3v) is 3.42. The SMILES string of the molecule is CCCCSc1cc(Cl)ccc1CN. The molecular weight excluding hydrogens is 214 g/mol. The van der Waals surface area contributed by atoms with Crippen molar-refractivity contribution in [2.24, 2.45) is 5.73 Å². The largest absolute Gasteiger partial charge is 0.326 e. The molecule has 0 bridgehead atoms. The molecule has 1 aromatic carbocycles. The Bertz CT molecular complexity index is 289. The minimum absolute atomic E-state index is 0.589. The Kier molecular flexibility index (Phi) is 5.38. The normalized spacial score (nSPS) is 10.5. The Balaban J connectivity index is 2.67. The highest BCUT2D eigenvalue weighted by molar-refractivity contribution is 7.99. The van der Waals surface area contributed by atoms with Crippen molar-refractivity contribution in [3.8, 4) is 0 Å². The lowest BCUT2D eigenvalue weighted by Crippen LogP contribution is -1.98. The first-order valence-electron chi connectivity index (χ1n) is 4.89. The molecule has 0 radical (unpaired) electrons. The summed E-state index contributed by atoms with van der Waals surface area (Å²) in [6, 6.07) is 5.91. The fraction of sp³-hybridized carbons (Fsp3) is 0.455. The van der Waals surface area contributed by atoms with E-state index in [1.54, 1.807) is 0 Å². The van der Waals surface area contributed by atoms with Crippen LogP contribution in [0.1, 0.15) is 25.3 Å².